The first-order valence-electron chi connectivity index (χ1n) is 6.04. The van der Waals surface area contributed by atoms with Crippen molar-refractivity contribution in [2.24, 2.45) is 23.2 Å². The number of aliphatic carboxylic acids is 1. The fraction of sp³-hybridized carbons (Fsp3) is 0.769. The smallest absolute Gasteiger partial charge is 0.304 e. The third kappa shape index (κ3) is 1.98. The SMILES string of the molecule is CC1(C)C2CC=C(C(CC(=O)O)C(F)F)C1C2. The van der Waals surface area contributed by atoms with E-state index in [1.165, 1.54) is 0 Å². The molecule has 3 aliphatic carbocycles. The molecule has 0 radical (unpaired) electrons. The number of hydrogen-bond acceptors (Lipinski definition) is 1. The van der Waals surface area contributed by atoms with E-state index in [4.69, 9.17) is 5.11 Å². The molecule has 17 heavy (non-hydrogen) atoms. The molecule has 0 aromatic heterocycles. The molecule has 4 heteroatoms. The number of allylic oxidation sites excluding steroid dienone is 2. The predicted octanol–water partition coefficient (Wildman–Crippen LogP) is 3.33. The quantitative estimate of drug-likeness (QED) is 0.770. The Morgan fingerprint density at radius 3 is 2.65 bits per heavy atom. The minimum atomic E-state index is -2.58. The van der Waals surface area contributed by atoms with Gasteiger partial charge in [-0.05, 0) is 30.1 Å². The van der Waals surface area contributed by atoms with Crippen LogP contribution in [0.1, 0.15) is 33.1 Å². The monoisotopic (exact) mass is 244 g/mol. The van der Waals surface area contributed by atoms with Crippen LogP contribution in [0.15, 0.2) is 11.6 Å². The van der Waals surface area contributed by atoms with Gasteiger partial charge in [-0.3, -0.25) is 4.79 Å². The van der Waals surface area contributed by atoms with Crippen molar-refractivity contribution in [3.63, 3.8) is 0 Å². The van der Waals surface area contributed by atoms with Crippen molar-refractivity contribution in [1.82, 2.24) is 0 Å². The summed E-state index contributed by atoms with van der Waals surface area (Å²) in [6.07, 6.45) is 0.596. The minimum Gasteiger partial charge on any atom is -0.481 e. The van der Waals surface area contributed by atoms with Gasteiger partial charge in [-0.25, -0.2) is 8.78 Å². The van der Waals surface area contributed by atoms with Crippen LogP contribution in [0.4, 0.5) is 8.78 Å². The Balaban J connectivity index is 2.20. The number of fused-ring (bicyclic) bond motifs is 1. The topological polar surface area (TPSA) is 37.3 Å². The summed E-state index contributed by atoms with van der Waals surface area (Å²) in [4.78, 5) is 10.7. The normalized spacial score (nSPS) is 31.7. The molecule has 0 aliphatic heterocycles. The average Bonchev–Trinajstić information content (AvgIpc) is 2.25. The van der Waals surface area contributed by atoms with Crippen LogP contribution in [0.2, 0.25) is 0 Å². The van der Waals surface area contributed by atoms with Gasteiger partial charge in [0.2, 0.25) is 6.43 Å². The zero-order chi connectivity index (χ0) is 12.8. The molecule has 0 aromatic rings. The summed E-state index contributed by atoms with van der Waals surface area (Å²) in [7, 11) is 0. The van der Waals surface area contributed by atoms with Crippen molar-refractivity contribution in [3.8, 4) is 0 Å². The fourth-order valence-electron chi connectivity index (χ4n) is 3.35. The van der Waals surface area contributed by atoms with Crippen molar-refractivity contribution in [2.75, 3.05) is 0 Å². The lowest BCUT2D eigenvalue weighted by Crippen LogP contribution is -2.50. The maximum Gasteiger partial charge on any atom is 0.304 e. The summed E-state index contributed by atoms with van der Waals surface area (Å²) in [5.74, 6) is -1.51. The third-order valence-corrected chi connectivity index (χ3v) is 4.64. The van der Waals surface area contributed by atoms with E-state index in [1.54, 1.807) is 0 Å². The fourth-order valence-corrected chi connectivity index (χ4v) is 3.35. The Morgan fingerprint density at radius 1 is 1.59 bits per heavy atom. The summed E-state index contributed by atoms with van der Waals surface area (Å²) in [6.45, 7) is 4.20. The van der Waals surface area contributed by atoms with Gasteiger partial charge < -0.3 is 5.11 Å². The highest BCUT2D eigenvalue weighted by Crippen LogP contribution is 2.61. The lowest BCUT2D eigenvalue weighted by atomic mass is 9.47. The summed E-state index contributed by atoms with van der Waals surface area (Å²) in [6, 6.07) is 0. The van der Waals surface area contributed by atoms with E-state index >= 15 is 0 Å². The van der Waals surface area contributed by atoms with Gasteiger partial charge in [-0.15, -0.1) is 0 Å². The van der Waals surface area contributed by atoms with Crippen molar-refractivity contribution in [3.05, 3.63) is 11.6 Å². The van der Waals surface area contributed by atoms with Gasteiger partial charge in [0.05, 0.1) is 12.3 Å². The number of hydrogen-bond donors (Lipinski definition) is 1. The first-order valence-corrected chi connectivity index (χ1v) is 6.04. The first kappa shape index (κ1) is 12.5. The van der Waals surface area contributed by atoms with Crippen LogP contribution in [0, 0.1) is 23.2 Å². The molecule has 96 valence electrons. The molecule has 1 N–H and O–H groups in total. The lowest BCUT2D eigenvalue weighted by Gasteiger charge is -2.57. The zero-order valence-electron chi connectivity index (χ0n) is 10.1. The Morgan fingerprint density at radius 2 is 2.24 bits per heavy atom. The number of carboxylic acid groups (broad SMARTS) is 1. The van der Waals surface area contributed by atoms with Crippen molar-refractivity contribution in [2.45, 2.75) is 39.5 Å². The standard InChI is InChI=1S/C13H18F2O2/c1-13(2)7-3-4-8(10(13)5-7)9(12(14)15)6-11(16)17/h4,7,9-10,12H,3,5-6H2,1-2H3,(H,16,17). The number of halogens is 2. The highest BCUT2D eigenvalue weighted by Gasteiger charge is 2.53. The molecule has 3 rings (SSSR count). The van der Waals surface area contributed by atoms with Crippen molar-refractivity contribution >= 4 is 5.97 Å². The molecule has 0 amide bonds. The number of rotatable bonds is 4. The van der Waals surface area contributed by atoms with Gasteiger partial charge in [0.25, 0.3) is 0 Å². The highest BCUT2D eigenvalue weighted by atomic mass is 19.3. The van der Waals surface area contributed by atoms with Crippen LogP contribution in [0.3, 0.4) is 0 Å². The van der Waals surface area contributed by atoms with Crippen LogP contribution in [-0.2, 0) is 4.79 Å². The Kier molecular flexibility index (Phi) is 3.00. The van der Waals surface area contributed by atoms with Crippen LogP contribution in [-0.4, -0.2) is 17.5 Å². The second kappa shape index (κ2) is 4.07. The Labute approximate surface area is 99.7 Å². The van der Waals surface area contributed by atoms with Gasteiger partial charge in [0, 0.05) is 0 Å². The maximum atomic E-state index is 13.0. The van der Waals surface area contributed by atoms with Gasteiger partial charge >= 0.3 is 5.97 Å². The number of carbonyl (C=O) groups is 1. The molecule has 0 saturated heterocycles. The molecule has 3 aliphatic rings. The molecule has 3 unspecified atom stereocenters. The molecule has 0 aromatic carbocycles. The average molecular weight is 244 g/mol. The van der Waals surface area contributed by atoms with Crippen LogP contribution in [0.5, 0.6) is 0 Å². The second-order valence-corrected chi connectivity index (χ2v) is 5.79. The molecule has 0 spiro atoms. The van der Waals surface area contributed by atoms with Gasteiger partial charge in [0.1, 0.15) is 0 Å². The minimum absolute atomic E-state index is 0.0652. The van der Waals surface area contributed by atoms with Crippen molar-refractivity contribution < 1.29 is 18.7 Å². The Hall–Kier alpha value is -0.930. The molecule has 3 atom stereocenters. The van der Waals surface area contributed by atoms with E-state index in [1.807, 2.05) is 6.08 Å². The zero-order valence-corrected chi connectivity index (χ0v) is 10.1. The first-order chi connectivity index (χ1) is 7.84. The summed E-state index contributed by atoms with van der Waals surface area (Å²) in [5, 5.41) is 8.73. The summed E-state index contributed by atoms with van der Waals surface area (Å²) >= 11 is 0. The van der Waals surface area contributed by atoms with Crippen molar-refractivity contribution in [1.29, 1.82) is 0 Å². The van der Waals surface area contributed by atoms with E-state index in [2.05, 4.69) is 13.8 Å². The number of alkyl halides is 2. The summed E-state index contributed by atoms with van der Waals surface area (Å²) < 4.78 is 26.0. The van der Waals surface area contributed by atoms with Crippen LogP contribution < -0.4 is 0 Å². The molecule has 1 fully saturated rings. The van der Waals surface area contributed by atoms with Crippen LogP contribution >= 0.6 is 0 Å². The molecule has 2 bridgehead atoms. The molecular weight excluding hydrogens is 226 g/mol. The molecular formula is C13H18F2O2. The van der Waals surface area contributed by atoms with E-state index in [0.717, 1.165) is 12.8 Å². The molecule has 1 saturated carbocycles. The second-order valence-electron chi connectivity index (χ2n) is 5.79. The third-order valence-electron chi connectivity index (χ3n) is 4.64. The largest absolute Gasteiger partial charge is 0.481 e. The maximum absolute atomic E-state index is 13.0. The van der Waals surface area contributed by atoms with Gasteiger partial charge in [-0.2, -0.15) is 0 Å². The Bertz CT molecular complexity index is 360. The van der Waals surface area contributed by atoms with Gasteiger partial charge in [-0.1, -0.05) is 25.5 Å². The van der Waals surface area contributed by atoms with E-state index in [0.29, 0.717) is 11.5 Å². The van der Waals surface area contributed by atoms with Crippen LogP contribution in [0.25, 0.3) is 0 Å². The molecule has 0 heterocycles. The molecule has 2 nitrogen and oxygen atoms in total. The van der Waals surface area contributed by atoms with Gasteiger partial charge in [0.15, 0.2) is 0 Å². The highest BCUT2D eigenvalue weighted by molar-refractivity contribution is 5.67. The van der Waals surface area contributed by atoms with E-state index in [-0.39, 0.29) is 11.3 Å². The van der Waals surface area contributed by atoms with E-state index in [9.17, 15) is 13.6 Å². The lowest BCUT2D eigenvalue weighted by molar-refractivity contribution is -0.139. The van der Waals surface area contributed by atoms with E-state index < -0.39 is 24.7 Å². The number of carboxylic acids is 1. The predicted molar refractivity (Wildman–Crippen MR) is 59.8 cm³/mol. The summed E-state index contributed by atoms with van der Waals surface area (Å²) in [5.41, 5.74) is 0.755.